The molecule has 0 saturated carbocycles. The van der Waals surface area contributed by atoms with Crippen molar-refractivity contribution in [1.82, 2.24) is 4.31 Å². The van der Waals surface area contributed by atoms with Gasteiger partial charge in [0.1, 0.15) is 10.7 Å². The smallest absolute Gasteiger partial charge is 0.246 e. The summed E-state index contributed by atoms with van der Waals surface area (Å²) in [6.45, 7) is 0.266. The monoisotopic (exact) mass is 364 g/mol. The highest BCUT2D eigenvalue weighted by Crippen LogP contribution is 2.27. The predicted molar refractivity (Wildman–Crippen MR) is 74.8 cm³/mol. The van der Waals surface area contributed by atoms with Crippen LogP contribution in [0.2, 0.25) is 0 Å². The molecule has 1 saturated heterocycles. The van der Waals surface area contributed by atoms with Crippen molar-refractivity contribution in [3.63, 3.8) is 0 Å². The van der Waals surface area contributed by atoms with Gasteiger partial charge in [-0.05, 0) is 31.0 Å². The summed E-state index contributed by atoms with van der Waals surface area (Å²) in [4.78, 5) is 10.8. The number of amides is 1. The zero-order chi connectivity index (χ0) is 14.9. The summed E-state index contributed by atoms with van der Waals surface area (Å²) in [5.74, 6) is -1.86. The van der Waals surface area contributed by atoms with Gasteiger partial charge in [-0.25, -0.2) is 12.8 Å². The second-order valence-corrected chi connectivity index (χ2v) is 7.50. The molecule has 0 bridgehead atoms. The molecule has 5 nitrogen and oxygen atoms in total. The Morgan fingerprint density at radius 2 is 2.15 bits per heavy atom. The van der Waals surface area contributed by atoms with E-state index in [9.17, 15) is 17.6 Å². The molecule has 8 heteroatoms. The first kappa shape index (κ1) is 15.4. The summed E-state index contributed by atoms with van der Waals surface area (Å²) in [5, 5.41) is 0. The minimum absolute atomic E-state index is 0.00359. The normalized spacial score (nSPS) is 20.8. The van der Waals surface area contributed by atoms with E-state index < -0.39 is 32.6 Å². The Hall–Kier alpha value is -0.990. The van der Waals surface area contributed by atoms with Crippen LogP contribution in [0.3, 0.4) is 0 Å². The maximum atomic E-state index is 13.8. The Morgan fingerprint density at radius 1 is 1.45 bits per heavy atom. The number of sulfonamides is 1. The van der Waals surface area contributed by atoms with Crippen LogP contribution < -0.4 is 5.73 Å². The quantitative estimate of drug-likeness (QED) is 0.881. The molecular weight excluding hydrogens is 351 g/mol. The standard InChI is InChI=1S/C12H14BrFN2O3S/c13-9-3-4-10(14)11(6-9)20(18,19)16-5-1-2-8(7-16)12(15)17/h3-4,6,8H,1-2,5,7H2,(H2,15,17)/t8-/m0/s1. The van der Waals surface area contributed by atoms with Gasteiger partial charge in [-0.1, -0.05) is 15.9 Å². The minimum Gasteiger partial charge on any atom is -0.369 e. The van der Waals surface area contributed by atoms with E-state index in [1.165, 1.54) is 12.1 Å². The lowest BCUT2D eigenvalue weighted by atomic mass is 9.99. The van der Waals surface area contributed by atoms with Gasteiger partial charge < -0.3 is 5.73 Å². The predicted octanol–water partition coefficient (Wildman–Crippen LogP) is 1.47. The van der Waals surface area contributed by atoms with Gasteiger partial charge in [0.2, 0.25) is 15.9 Å². The van der Waals surface area contributed by atoms with Crippen LogP contribution in [-0.2, 0) is 14.8 Å². The van der Waals surface area contributed by atoms with E-state index in [4.69, 9.17) is 5.73 Å². The molecule has 2 N–H and O–H groups in total. The fourth-order valence-corrected chi connectivity index (χ4v) is 4.33. The lowest BCUT2D eigenvalue weighted by Gasteiger charge is -2.30. The Labute approximate surface area is 125 Å². The topological polar surface area (TPSA) is 80.5 Å². The molecule has 1 amide bonds. The highest BCUT2D eigenvalue weighted by molar-refractivity contribution is 9.10. The molecule has 1 aliphatic heterocycles. The van der Waals surface area contributed by atoms with Crippen molar-refractivity contribution in [3.8, 4) is 0 Å². The van der Waals surface area contributed by atoms with Crippen molar-refractivity contribution in [2.45, 2.75) is 17.7 Å². The fraction of sp³-hybridized carbons (Fsp3) is 0.417. The van der Waals surface area contributed by atoms with Gasteiger partial charge in [0.05, 0.1) is 5.92 Å². The maximum absolute atomic E-state index is 13.8. The first-order valence-corrected chi connectivity index (χ1v) is 8.30. The SMILES string of the molecule is NC(=O)[C@H]1CCCN(S(=O)(=O)c2cc(Br)ccc2F)C1. The number of piperidine rings is 1. The molecule has 1 atom stereocenters. The number of nitrogens with zero attached hydrogens (tertiary/aromatic N) is 1. The van der Waals surface area contributed by atoms with Gasteiger partial charge in [-0.2, -0.15) is 4.31 Å². The first-order valence-electron chi connectivity index (χ1n) is 6.07. The number of hydrogen-bond acceptors (Lipinski definition) is 3. The van der Waals surface area contributed by atoms with Crippen LogP contribution in [0.25, 0.3) is 0 Å². The Morgan fingerprint density at radius 3 is 2.80 bits per heavy atom. The summed E-state index contributed by atoms with van der Waals surface area (Å²) in [6.07, 6.45) is 1.09. The van der Waals surface area contributed by atoms with Crippen molar-refractivity contribution < 1.29 is 17.6 Å². The zero-order valence-corrected chi connectivity index (χ0v) is 13.0. The average Bonchev–Trinajstić information content (AvgIpc) is 2.41. The van der Waals surface area contributed by atoms with Crippen LogP contribution in [0.4, 0.5) is 4.39 Å². The zero-order valence-electron chi connectivity index (χ0n) is 10.6. The molecule has 0 unspecified atom stereocenters. The number of primary amides is 1. The van der Waals surface area contributed by atoms with Crippen molar-refractivity contribution >= 4 is 31.9 Å². The van der Waals surface area contributed by atoms with Crippen molar-refractivity contribution in [2.75, 3.05) is 13.1 Å². The summed E-state index contributed by atoms with van der Waals surface area (Å²) in [6, 6.07) is 3.74. The maximum Gasteiger partial charge on any atom is 0.246 e. The van der Waals surface area contributed by atoms with Crippen LogP contribution >= 0.6 is 15.9 Å². The number of carbonyl (C=O) groups is 1. The van der Waals surface area contributed by atoms with E-state index in [1.54, 1.807) is 0 Å². The van der Waals surface area contributed by atoms with Gasteiger partial charge >= 0.3 is 0 Å². The van der Waals surface area contributed by atoms with Crippen LogP contribution in [0, 0.1) is 11.7 Å². The largest absolute Gasteiger partial charge is 0.369 e. The van der Waals surface area contributed by atoms with E-state index in [0.29, 0.717) is 17.3 Å². The summed E-state index contributed by atoms with van der Waals surface area (Å²) < 4.78 is 40.2. The van der Waals surface area contributed by atoms with E-state index in [0.717, 1.165) is 10.4 Å². The fourth-order valence-electron chi connectivity index (χ4n) is 2.21. The van der Waals surface area contributed by atoms with Crippen LogP contribution in [0.1, 0.15) is 12.8 Å². The molecule has 1 aromatic rings. The van der Waals surface area contributed by atoms with Crippen LogP contribution in [0.15, 0.2) is 27.6 Å². The number of hydrogen-bond donors (Lipinski definition) is 1. The number of halogens is 2. The van der Waals surface area contributed by atoms with Gasteiger partial charge in [-0.15, -0.1) is 0 Å². The summed E-state index contributed by atoms with van der Waals surface area (Å²) in [5.41, 5.74) is 5.22. The highest BCUT2D eigenvalue weighted by atomic mass is 79.9. The van der Waals surface area contributed by atoms with Crippen molar-refractivity contribution in [1.29, 1.82) is 0 Å². The van der Waals surface area contributed by atoms with Gasteiger partial charge in [0, 0.05) is 17.6 Å². The molecule has 110 valence electrons. The molecule has 1 aromatic carbocycles. The van der Waals surface area contributed by atoms with Gasteiger partial charge in [0.25, 0.3) is 0 Å². The second-order valence-electron chi connectivity index (χ2n) is 4.68. The second kappa shape index (κ2) is 5.79. The van der Waals surface area contributed by atoms with Gasteiger partial charge in [-0.3, -0.25) is 4.79 Å². The molecule has 1 fully saturated rings. The molecule has 0 aliphatic carbocycles. The third-order valence-electron chi connectivity index (χ3n) is 3.30. The van der Waals surface area contributed by atoms with E-state index in [1.807, 2.05) is 0 Å². The van der Waals surface area contributed by atoms with Gasteiger partial charge in [0.15, 0.2) is 0 Å². The summed E-state index contributed by atoms with van der Waals surface area (Å²) in [7, 11) is -3.96. The number of carbonyl (C=O) groups excluding carboxylic acids is 1. The number of rotatable bonds is 3. The first-order chi connectivity index (χ1) is 9.32. The van der Waals surface area contributed by atoms with Crippen molar-refractivity contribution in [3.05, 3.63) is 28.5 Å². The molecule has 0 aromatic heterocycles. The molecular formula is C12H14BrFN2O3S. The average molecular weight is 365 g/mol. The van der Waals surface area contributed by atoms with E-state index >= 15 is 0 Å². The number of nitrogens with two attached hydrogens (primary N) is 1. The summed E-state index contributed by atoms with van der Waals surface area (Å²) >= 11 is 3.12. The lowest BCUT2D eigenvalue weighted by molar-refractivity contribution is -0.122. The Bertz CT molecular complexity index is 636. The van der Waals surface area contributed by atoms with Crippen LogP contribution in [0.5, 0.6) is 0 Å². The Balaban J connectivity index is 2.35. The third kappa shape index (κ3) is 3.02. The third-order valence-corrected chi connectivity index (χ3v) is 5.67. The lowest BCUT2D eigenvalue weighted by Crippen LogP contribution is -2.44. The molecule has 2 rings (SSSR count). The van der Waals surface area contributed by atoms with E-state index in [-0.39, 0.29) is 13.1 Å². The van der Waals surface area contributed by atoms with Crippen molar-refractivity contribution in [2.24, 2.45) is 11.7 Å². The molecule has 0 spiro atoms. The van der Waals surface area contributed by atoms with Crippen LogP contribution in [-0.4, -0.2) is 31.7 Å². The molecule has 1 aliphatic rings. The highest BCUT2D eigenvalue weighted by Gasteiger charge is 2.33. The molecule has 20 heavy (non-hydrogen) atoms. The molecule has 1 heterocycles. The minimum atomic E-state index is -3.96. The van der Waals surface area contributed by atoms with E-state index in [2.05, 4.69) is 15.9 Å². The number of benzene rings is 1. The molecule has 0 radical (unpaired) electrons. The Kier molecular flexibility index (Phi) is 4.46.